The van der Waals surface area contributed by atoms with Gasteiger partial charge in [-0.25, -0.2) is 0 Å². The van der Waals surface area contributed by atoms with Crippen LogP contribution in [0.1, 0.15) is 13.3 Å². The van der Waals surface area contributed by atoms with E-state index in [0.717, 1.165) is 26.1 Å². The lowest BCUT2D eigenvalue weighted by Crippen LogP contribution is -2.59. The van der Waals surface area contributed by atoms with Crippen LogP contribution in [0.15, 0.2) is 24.3 Å². The van der Waals surface area contributed by atoms with E-state index in [2.05, 4.69) is 12.2 Å². The Hall–Kier alpha value is -1.26. The molecule has 0 atom stereocenters. The third-order valence-electron chi connectivity index (χ3n) is 3.16. The number of benzene rings is 1. The Balaban J connectivity index is 1.86. The summed E-state index contributed by atoms with van der Waals surface area (Å²) < 4.78 is 5.50. The molecule has 0 saturated carbocycles. The molecule has 5 heteroatoms. The molecule has 0 bridgehead atoms. The monoisotopic (exact) mass is 282 g/mol. The normalized spacial score (nSPS) is 14.8. The molecular weight excluding hydrogens is 264 g/mol. The molecule has 4 nitrogen and oxygen atoms in total. The number of carbonyl (C=O) groups excluding carboxylic acids is 1. The van der Waals surface area contributed by atoms with Gasteiger partial charge >= 0.3 is 0 Å². The minimum absolute atomic E-state index is 0.0447. The number of carbonyl (C=O) groups is 1. The minimum Gasteiger partial charge on any atom is -0.484 e. The second-order valence-electron chi connectivity index (χ2n) is 4.64. The van der Waals surface area contributed by atoms with E-state index in [9.17, 15) is 4.79 Å². The van der Waals surface area contributed by atoms with Crippen molar-refractivity contribution >= 4 is 17.5 Å². The van der Waals surface area contributed by atoms with Gasteiger partial charge in [0.25, 0.3) is 5.91 Å². The molecule has 0 unspecified atom stereocenters. The first-order valence-electron chi connectivity index (χ1n) is 6.59. The van der Waals surface area contributed by atoms with E-state index in [1.54, 1.807) is 24.3 Å². The molecule has 1 aliphatic heterocycles. The highest BCUT2D eigenvalue weighted by Crippen LogP contribution is 2.16. The summed E-state index contributed by atoms with van der Waals surface area (Å²) in [5.41, 5.74) is 0. The average molecular weight is 283 g/mol. The first-order chi connectivity index (χ1) is 9.20. The van der Waals surface area contributed by atoms with Crippen LogP contribution in [0.5, 0.6) is 5.75 Å². The van der Waals surface area contributed by atoms with Gasteiger partial charge in [0.05, 0.1) is 6.04 Å². The van der Waals surface area contributed by atoms with Gasteiger partial charge in [-0.3, -0.25) is 4.79 Å². The van der Waals surface area contributed by atoms with E-state index < -0.39 is 0 Å². The molecule has 2 rings (SSSR count). The van der Waals surface area contributed by atoms with Crippen LogP contribution in [0.25, 0.3) is 0 Å². The molecule has 0 radical (unpaired) electrons. The zero-order valence-electron chi connectivity index (χ0n) is 11.1. The second-order valence-corrected chi connectivity index (χ2v) is 5.08. The van der Waals surface area contributed by atoms with Crippen molar-refractivity contribution < 1.29 is 9.53 Å². The lowest BCUT2D eigenvalue weighted by molar-refractivity contribution is -0.136. The Morgan fingerprint density at radius 2 is 2.11 bits per heavy atom. The summed E-state index contributed by atoms with van der Waals surface area (Å²) in [5, 5.41) is 3.84. The fourth-order valence-corrected chi connectivity index (χ4v) is 2.13. The van der Waals surface area contributed by atoms with Crippen molar-refractivity contribution in [3.05, 3.63) is 29.3 Å². The zero-order chi connectivity index (χ0) is 13.7. The SMILES string of the molecule is CCCN(C(=O)COc1ccc(Cl)cc1)C1CNC1. The van der Waals surface area contributed by atoms with Gasteiger partial charge in [-0.05, 0) is 30.7 Å². The first-order valence-corrected chi connectivity index (χ1v) is 6.97. The van der Waals surface area contributed by atoms with Crippen LogP contribution < -0.4 is 10.1 Å². The third kappa shape index (κ3) is 3.85. The topological polar surface area (TPSA) is 41.6 Å². The van der Waals surface area contributed by atoms with Crippen molar-refractivity contribution in [3.8, 4) is 5.75 Å². The Morgan fingerprint density at radius 3 is 2.63 bits per heavy atom. The van der Waals surface area contributed by atoms with Crippen molar-refractivity contribution in [3.63, 3.8) is 0 Å². The lowest BCUT2D eigenvalue weighted by Gasteiger charge is -2.38. The maximum atomic E-state index is 12.2. The van der Waals surface area contributed by atoms with Gasteiger partial charge in [0, 0.05) is 24.7 Å². The smallest absolute Gasteiger partial charge is 0.260 e. The maximum Gasteiger partial charge on any atom is 0.260 e. The van der Waals surface area contributed by atoms with Crippen LogP contribution in [-0.4, -0.2) is 43.1 Å². The molecule has 1 amide bonds. The number of halogens is 1. The van der Waals surface area contributed by atoms with Crippen LogP contribution in [0.4, 0.5) is 0 Å². The number of nitrogens with one attached hydrogen (secondary N) is 1. The number of amides is 1. The molecule has 1 N–H and O–H groups in total. The molecule has 104 valence electrons. The van der Waals surface area contributed by atoms with Crippen molar-refractivity contribution in [1.29, 1.82) is 0 Å². The summed E-state index contributed by atoms with van der Waals surface area (Å²) in [5.74, 6) is 0.712. The molecule has 1 aromatic carbocycles. The van der Waals surface area contributed by atoms with Gasteiger partial charge in [0.1, 0.15) is 5.75 Å². The summed E-state index contributed by atoms with van der Waals surface area (Å²) in [6.45, 7) is 4.71. The zero-order valence-corrected chi connectivity index (χ0v) is 11.8. The van der Waals surface area contributed by atoms with Gasteiger partial charge in [-0.1, -0.05) is 18.5 Å². The van der Waals surface area contributed by atoms with E-state index in [0.29, 0.717) is 16.8 Å². The van der Waals surface area contributed by atoms with E-state index in [1.165, 1.54) is 0 Å². The summed E-state index contributed by atoms with van der Waals surface area (Å²) in [6.07, 6.45) is 0.961. The predicted octanol–water partition coefficient (Wildman–Crippen LogP) is 1.93. The third-order valence-corrected chi connectivity index (χ3v) is 3.41. The number of nitrogens with zero attached hydrogens (tertiary/aromatic N) is 1. The standard InChI is InChI=1S/C14H19ClN2O2/c1-2-7-17(12-8-16-9-12)14(18)10-19-13-5-3-11(15)4-6-13/h3-6,12,16H,2,7-10H2,1H3. The summed E-state index contributed by atoms with van der Waals surface area (Å²) in [7, 11) is 0. The molecule has 1 saturated heterocycles. The van der Waals surface area contributed by atoms with Gasteiger partial charge < -0.3 is 15.0 Å². The van der Waals surface area contributed by atoms with E-state index in [4.69, 9.17) is 16.3 Å². The Morgan fingerprint density at radius 1 is 1.42 bits per heavy atom. The number of ether oxygens (including phenoxy) is 1. The fourth-order valence-electron chi connectivity index (χ4n) is 2.00. The van der Waals surface area contributed by atoms with Crippen molar-refractivity contribution in [2.75, 3.05) is 26.2 Å². The highest BCUT2D eigenvalue weighted by atomic mass is 35.5. The molecule has 0 aliphatic carbocycles. The highest BCUT2D eigenvalue weighted by molar-refractivity contribution is 6.30. The predicted molar refractivity (Wildman–Crippen MR) is 75.6 cm³/mol. The van der Waals surface area contributed by atoms with Gasteiger partial charge in [0.2, 0.25) is 0 Å². The summed E-state index contributed by atoms with van der Waals surface area (Å²) in [6, 6.07) is 7.36. The lowest BCUT2D eigenvalue weighted by atomic mass is 10.1. The van der Waals surface area contributed by atoms with Crippen LogP contribution in [0, 0.1) is 0 Å². The van der Waals surface area contributed by atoms with E-state index in [1.807, 2.05) is 4.90 Å². The average Bonchev–Trinajstić information content (AvgIpc) is 2.35. The second kappa shape index (κ2) is 6.78. The molecular formula is C14H19ClN2O2. The van der Waals surface area contributed by atoms with Gasteiger partial charge in [-0.2, -0.15) is 0 Å². The van der Waals surface area contributed by atoms with E-state index >= 15 is 0 Å². The van der Waals surface area contributed by atoms with Crippen molar-refractivity contribution in [1.82, 2.24) is 10.2 Å². The number of hydrogen-bond donors (Lipinski definition) is 1. The van der Waals surface area contributed by atoms with Crippen LogP contribution in [-0.2, 0) is 4.79 Å². The van der Waals surface area contributed by atoms with Crippen LogP contribution in [0.3, 0.4) is 0 Å². The molecule has 1 aromatic rings. The molecule has 1 fully saturated rings. The van der Waals surface area contributed by atoms with Gasteiger partial charge in [-0.15, -0.1) is 0 Å². The minimum atomic E-state index is 0.0447. The Labute approximate surface area is 118 Å². The first kappa shape index (κ1) is 14.2. The van der Waals surface area contributed by atoms with Crippen LogP contribution >= 0.6 is 11.6 Å². The number of rotatable bonds is 6. The van der Waals surface area contributed by atoms with Crippen molar-refractivity contribution in [2.24, 2.45) is 0 Å². The van der Waals surface area contributed by atoms with Gasteiger partial charge in [0.15, 0.2) is 6.61 Å². The molecule has 0 aromatic heterocycles. The number of hydrogen-bond acceptors (Lipinski definition) is 3. The van der Waals surface area contributed by atoms with E-state index in [-0.39, 0.29) is 12.5 Å². The molecule has 1 aliphatic rings. The molecule has 1 heterocycles. The quantitative estimate of drug-likeness (QED) is 0.867. The molecule has 19 heavy (non-hydrogen) atoms. The van der Waals surface area contributed by atoms with Crippen molar-refractivity contribution in [2.45, 2.75) is 19.4 Å². The summed E-state index contributed by atoms with van der Waals surface area (Å²) in [4.78, 5) is 14.1. The van der Waals surface area contributed by atoms with Crippen LogP contribution in [0.2, 0.25) is 5.02 Å². The Kier molecular flexibility index (Phi) is 5.05. The largest absolute Gasteiger partial charge is 0.484 e. The Bertz CT molecular complexity index is 418. The highest BCUT2D eigenvalue weighted by Gasteiger charge is 2.27. The fraction of sp³-hybridized carbons (Fsp3) is 0.500. The summed E-state index contributed by atoms with van der Waals surface area (Å²) >= 11 is 5.80. The molecule has 0 spiro atoms. The maximum absolute atomic E-state index is 12.2.